The highest BCUT2D eigenvalue weighted by Gasteiger charge is 2.27. The number of aliphatic hydroxyl groups excluding tert-OH is 1. The van der Waals surface area contributed by atoms with E-state index in [4.69, 9.17) is 0 Å². The van der Waals surface area contributed by atoms with Gasteiger partial charge in [0.1, 0.15) is 5.82 Å². The molecule has 3 aromatic rings. The molecule has 1 atom stereocenters. The molecule has 1 aromatic heterocycles. The minimum absolute atomic E-state index is 0.0271. The number of amides is 1. The SMILES string of the molecule is Cn1nc(C(=O)N[C@H](CCO)c2ccccc2)c2c1/C(=C/c1cccc(F)c1)CCCC2. The molecule has 0 aliphatic heterocycles. The molecule has 166 valence electrons. The Hall–Kier alpha value is -3.25. The van der Waals surface area contributed by atoms with Crippen molar-refractivity contribution in [2.24, 2.45) is 7.05 Å². The molecule has 2 aromatic carbocycles. The van der Waals surface area contributed by atoms with E-state index in [1.165, 1.54) is 12.1 Å². The van der Waals surface area contributed by atoms with E-state index in [0.29, 0.717) is 12.1 Å². The zero-order valence-corrected chi connectivity index (χ0v) is 18.2. The molecule has 0 spiro atoms. The largest absolute Gasteiger partial charge is 0.396 e. The Balaban J connectivity index is 1.67. The fourth-order valence-corrected chi connectivity index (χ4v) is 4.43. The first-order valence-electron chi connectivity index (χ1n) is 11.1. The van der Waals surface area contributed by atoms with E-state index in [9.17, 15) is 14.3 Å². The quantitative estimate of drug-likeness (QED) is 0.555. The number of benzene rings is 2. The van der Waals surface area contributed by atoms with Crippen LogP contribution in [0.25, 0.3) is 11.6 Å². The highest BCUT2D eigenvalue weighted by molar-refractivity contribution is 5.96. The number of aromatic nitrogens is 2. The van der Waals surface area contributed by atoms with Crippen molar-refractivity contribution in [3.8, 4) is 0 Å². The summed E-state index contributed by atoms with van der Waals surface area (Å²) in [6.07, 6.45) is 5.99. The topological polar surface area (TPSA) is 67.2 Å². The van der Waals surface area contributed by atoms with Crippen LogP contribution in [0.2, 0.25) is 0 Å². The fraction of sp³-hybridized carbons (Fsp3) is 0.308. The molecule has 1 amide bonds. The Kier molecular flexibility index (Phi) is 6.81. The normalized spacial score (nSPS) is 15.8. The first-order chi connectivity index (χ1) is 15.6. The standard InChI is InChI=1S/C26H28FN3O2/c1-30-25-20(16-18-8-7-12-21(27)17-18)11-5-6-13-22(25)24(29-30)26(32)28-23(14-15-31)19-9-3-2-4-10-19/h2-4,7-10,12,16-17,23,31H,5-6,11,13-15H2,1H3,(H,28,32)/b20-16+/t23-/m1/s1. The summed E-state index contributed by atoms with van der Waals surface area (Å²) in [6, 6.07) is 15.9. The van der Waals surface area contributed by atoms with Crippen molar-refractivity contribution in [1.29, 1.82) is 0 Å². The third-order valence-electron chi connectivity index (χ3n) is 5.90. The van der Waals surface area contributed by atoms with Crippen molar-refractivity contribution >= 4 is 17.6 Å². The minimum atomic E-state index is -0.292. The van der Waals surface area contributed by atoms with E-state index < -0.39 is 0 Å². The number of rotatable bonds is 6. The average molecular weight is 434 g/mol. The molecule has 1 aliphatic carbocycles. The van der Waals surface area contributed by atoms with Crippen molar-refractivity contribution in [3.05, 3.63) is 88.5 Å². The monoisotopic (exact) mass is 433 g/mol. The molecule has 6 heteroatoms. The molecule has 0 radical (unpaired) electrons. The van der Waals surface area contributed by atoms with Crippen molar-refractivity contribution in [2.45, 2.75) is 38.1 Å². The van der Waals surface area contributed by atoms with Crippen LogP contribution in [-0.4, -0.2) is 27.4 Å². The fourth-order valence-electron chi connectivity index (χ4n) is 4.43. The molecule has 1 aliphatic rings. The Labute approximate surface area is 187 Å². The number of carbonyl (C=O) groups is 1. The van der Waals surface area contributed by atoms with Gasteiger partial charge in [-0.2, -0.15) is 5.10 Å². The highest BCUT2D eigenvalue weighted by Crippen LogP contribution is 2.33. The van der Waals surface area contributed by atoms with Crippen LogP contribution in [0, 0.1) is 5.82 Å². The number of hydrogen-bond donors (Lipinski definition) is 2. The number of aliphatic hydroxyl groups is 1. The number of allylic oxidation sites excluding steroid dienone is 1. The van der Waals surface area contributed by atoms with Crippen molar-refractivity contribution in [2.75, 3.05) is 6.61 Å². The van der Waals surface area contributed by atoms with Crippen LogP contribution in [0.1, 0.15) is 64.6 Å². The first kappa shape index (κ1) is 22.0. The number of nitrogens with zero attached hydrogens (tertiary/aromatic N) is 2. The second-order valence-electron chi connectivity index (χ2n) is 8.18. The van der Waals surface area contributed by atoms with Gasteiger partial charge in [-0.3, -0.25) is 9.48 Å². The molecule has 2 N–H and O–H groups in total. The van der Waals surface area contributed by atoms with Crippen LogP contribution in [0.4, 0.5) is 4.39 Å². The molecule has 0 unspecified atom stereocenters. The van der Waals surface area contributed by atoms with Gasteiger partial charge in [-0.1, -0.05) is 42.5 Å². The Morgan fingerprint density at radius 3 is 2.72 bits per heavy atom. The third-order valence-corrected chi connectivity index (χ3v) is 5.90. The number of nitrogens with one attached hydrogen (secondary N) is 1. The van der Waals surface area contributed by atoms with Crippen molar-refractivity contribution < 1.29 is 14.3 Å². The van der Waals surface area contributed by atoms with E-state index in [0.717, 1.165) is 53.6 Å². The van der Waals surface area contributed by atoms with Crippen molar-refractivity contribution in [3.63, 3.8) is 0 Å². The van der Waals surface area contributed by atoms with Gasteiger partial charge in [0.05, 0.1) is 11.7 Å². The maximum Gasteiger partial charge on any atom is 0.272 e. The van der Waals surface area contributed by atoms with Crippen LogP contribution < -0.4 is 5.32 Å². The average Bonchev–Trinajstić information content (AvgIpc) is 2.98. The van der Waals surface area contributed by atoms with Gasteiger partial charge >= 0.3 is 0 Å². The van der Waals surface area contributed by atoms with E-state index in [1.807, 2.05) is 49.5 Å². The van der Waals surface area contributed by atoms with Gasteiger partial charge in [0.2, 0.25) is 0 Å². The second-order valence-corrected chi connectivity index (χ2v) is 8.18. The van der Waals surface area contributed by atoms with Crippen LogP contribution >= 0.6 is 0 Å². The molecule has 4 rings (SSSR count). The summed E-state index contributed by atoms with van der Waals surface area (Å²) in [5.41, 5.74) is 5.10. The molecule has 0 saturated carbocycles. The third kappa shape index (κ3) is 4.81. The highest BCUT2D eigenvalue weighted by atomic mass is 19.1. The molecule has 0 saturated heterocycles. The number of fused-ring (bicyclic) bond motifs is 1. The second kappa shape index (κ2) is 9.92. The summed E-state index contributed by atoms with van der Waals surface area (Å²) in [7, 11) is 1.85. The molecule has 1 heterocycles. The molecule has 32 heavy (non-hydrogen) atoms. The first-order valence-corrected chi connectivity index (χ1v) is 11.1. The minimum Gasteiger partial charge on any atom is -0.396 e. The van der Waals surface area contributed by atoms with Crippen LogP contribution in [0.15, 0.2) is 54.6 Å². The number of carbonyl (C=O) groups excluding carboxylic acids is 1. The summed E-state index contributed by atoms with van der Waals surface area (Å²) in [5, 5.41) is 17.1. The number of halogens is 1. The zero-order chi connectivity index (χ0) is 22.5. The number of aryl methyl sites for hydroxylation is 1. The maximum absolute atomic E-state index is 13.7. The molecule has 5 nitrogen and oxygen atoms in total. The van der Waals surface area contributed by atoms with Gasteiger partial charge < -0.3 is 10.4 Å². The summed E-state index contributed by atoms with van der Waals surface area (Å²) in [4.78, 5) is 13.3. The predicted molar refractivity (Wildman–Crippen MR) is 123 cm³/mol. The van der Waals surface area contributed by atoms with E-state index >= 15 is 0 Å². The van der Waals surface area contributed by atoms with Crippen LogP contribution in [-0.2, 0) is 13.5 Å². The smallest absolute Gasteiger partial charge is 0.272 e. The van der Waals surface area contributed by atoms with Gasteiger partial charge in [0.25, 0.3) is 5.91 Å². The van der Waals surface area contributed by atoms with Gasteiger partial charge in [-0.05, 0) is 67.0 Å². The van der Waals surface area contributed by atoms with Crippen molar-refractivity contribution in [1.82, 2.24) is 15.1 Å². The summed E-state index contributed by atoms with van der Waals surface area (Å²) in [6.45, 7) is -0.0271. The van der Waals surface area contributed by atoms with E-state index in [1.54, 1.807) is 10.7 Å². The molecule has 0 bridgehead atoms. The van der Waals surface area contributed by atoms with Gasteiger partial charge in [-0.15, -0.1) is 0 Å². The predicted octanol–water partition coefficient (Wildman–Crippen LogP) is 4.68. The van der Waals surface area contributed by atoms with Crippen LogP contribution in [0.3, 0.4) is 0 Å². The summed E-state index contributed by atoms with van der Waals surface area (Å²) in [5.74, 6) is -0.509. The number of hydrogen-bond acceptors (Lipinski definition) is 3. The lowest BCUT2D eigenvalue weighted by Crippen LogP contribution is -2.30. The Morgan fingerprint density at radius 2 is 1.97 bits per heavy atom. The van der Waals surface area contributed by atoms with Gasteiger partial charge in [0.15, 0.2) is 5.69 Å². The maximum atomic E-state index is 13.7. The summed E-state index contributed by atoms with van der Waals surface area (Å²) >= 11 is 0. The molecular weight excluding hydrogens is 405 g/mol. The van der Waals surface area contributed by atoms with Gasteiger partial charge in [-0.25, -0.2) is 4.39 Å². The van der Waals surface area contributed by atoms with E-state index in [2.05, 4.69) is 10.4 Å². The lowest BCUT2D eigenvalue weighted by atomic mass is 10.0. The lowest BCUT2D eigenvalue weighted by Gasteiger charge is -2.18. The lowest BCUT2D eigenvalue weighted by molar-refractivity contribution is 0.0923. The van der Waals surface area contributed by atoms with E-state index in [-0.39, 0.29) is 24.4 Å². The molecule has 0 fully saturated rings. The Bertz CT molecular complexity index is 1120. The summed E-state index contributed by atoms with van der Waals surface area (Å²) < 4.78 is 15.5. The zero-order valence-electron chi connectivity index (χ0n) is 18.2. The molecular formula is C26H28FN3O2. The van der Waals surface area contributed by atoms with Crippen LogP contribution in [0.5, 0.6) is 0 Å². The van der Waals surface area contributed by atoms with Gasteiger partial charge in [0, 0.05) is 19.2 Å². The Morgan fingerprint density at radius 1 is 1.19 bits per heavy atom.